The lowest BCUT2D eigenvalue weighted by atomic mass is 10.0. The van der Waals surface area contributed by atoms with E-state index in [1.54, 1.807) is 0 Å². The lowest BCUT2D eigenvalue weighted by Gasteiger charge is -2.30. The Bertz CT molecular complexity index is 361. The van der Waals surface area contributed by atoms with E-state index >= 15 is 0 Å². The molecule has 0 amide bonds. The first-order valence-corrected chi connectivity index (χ1v) is 6.45. The quantitative estimate of drug-likeness (QED) is 0.838. The Balaban J connectivity index is 1.77. The molecule has 4 nitrogen and oxygen atoms in total. The average molecular weight is 220 g/mol. The molecule has 2 aliphatic rings. The molecule has 0 aromatic carbocycles. The molecule has 3 rings (SSSR count). The van der Waals surface area contributed by atoms with Crippen molar-refractivity contribution < 1.29 is 0 Å². The molecule has 2 heterocycles. The molecule has 1 aromatic rings. The number of rotatable bonds is 3. The van der Waals surface area contributed by atoms with Crippen molar-refractivity contribution >= 4 is 0 Å². The average Bonchev–Trinajstić information content (AvgIpc) is 2.79. The maximum absolute atomic E-state index is 4.37. The normalized spacial score (nSPS) is 22.6. The van der Waals surface area contributed by atoms with Crippen molar-refractivity contribution in [2.75, 3.05) is 13.1 Å². The molecule has 0 atom stereocenters. The van der Waals surface area contributed by atoms with Crippen molar-refractivity contribution in [3.8, 4) is 0 Å². The minimum Gasteiger partial charge on any atom is -0.313 e. The summed E-state index contributed by atoms with van der Waals surface area (Å²) in [5.74, 6) is 3.16. The Morgan fingerprint density at radius 3 is 2.62 bits per heavy atom. The summed E-state index contributed by atoms with van der Waals surface area (Å²) in [4.78, 5) is 0. The molecule has 16 heavy (non-hydrogen) atoms. The number of aromatic nitrogens is 3. The molecule has 0 radical (unpaired) electrons. The van der Waals surface area contributed by atoms with Gasteiger partial charge in [-0.2, -0.15) is 0 Å². The lowest BCUT2D eigenvalue weighted by molar-refractivity contribution is 0.325. The first kappa shape index (κ1) is 10.3. The summed E-state index contributed by atoms with van der Waals surface area (Å²) in [5, 5.41) is 11.9. The third-order valence-electron chi connectivity index (χ3n) is 4.01. The summed E-state index contributed by atoms with van der Waals surface area (Å²) in [7, 11) is 0. The van der Waals surface area contributed by atoms with E-state index in [0.29, 0.717) is 6.04 Å². The van der Waals surface area contributed by atoms with Crippen LogP contribution in [0.1, 0.15) is 43.4 Å². The third kappa shape index (κ3) is 1.75. The Kier molecular flexibility index (Phi) is 2.67. The molecular formula is C12H20N4. The summed E-state index contributed by atoms with van der Waals surface area (Å²) in [5.41, 5.74) is 0. The molecule has 0 bridgehead atoms. The summed E-state index contributed by atoms with van der Waals surface area (Å²) in [6.45, 7) is 4.23. The van der Waals surface area contributed by atoms with Crippen LogP contribution in [0.5, 0.6) is 0 Å². The Morgan fingerprint density at radius 2 is 2.00 bits per heavy atom. The fraction of sp³-hybridized carbons (Fsp3) is 0.833. The molecule has 0 spiro atoms. The van der Waals surface area contributed by atoms with Gasteiger partial charge in [0, 0.05) is 19.5 Å². The fourth-order valence-corrected chi connectivity index (χ4v) is 2.96. The molecule has 2 fully saturated rings. The van der Waals surface area contributed by atoms with Gasteiger partial charge >= 0.3 is 0 Å². The zero-order valence-electron chi connectivity index (χ0n) is 9.95. The predicted octanol–water partition coefficient (Wildman–Crippen LogP) is 1.46. The topological polar surface area (TPSA) is 42.7 Å². The second kappa shape index (κ2) is 4.17. The van der Waals surface area contributed by atoms with Gasteiger partial charge in [-0.3, -0.25) is 0 Å². The van der Waals surface area contributed by atoms with Gasteiger partial charge in [0.2, 0.25) is 0 Å². The number of aryl methyl sites for hydroxylation is 1. The largest absolute Gasteiger partial charge is 0.313 e. The molecule has 1 saturated heterocycles. The monoisotopic (exact) mass is 220 g/mol. The Morgan fingerprint density at radius 1 is 1.25 bits per heavy atom. The summed E-state index contributed by atoms with van der Waals surface area (Å²) < 4.78 is 2.36. The summed E-state index contributed by atoms with van der Waals surface area (Å²) in [6, 6.07) is 0.603. The predicted molar refractivity (Wildman–Crippen MR) is 62.3 cm³/mol. The Hall–Kier alpha value is -0.900. The second-order valence-corrected chi connectivity index (χ2v) is 5.20. The van der Waals surface area contributed by atoms with Crippen LogP contribution in [0, 0.1) is 12.8 Å². The number of hydrogen-bond donors (Lipinski definition) is 1. The van der Waals surface area contributed by atoms with Crippen LogP contribution in [0.25, 0.3) is 0 Å². The van der Waals surface area contributed by atoms with Crippen LogP contribution in [0.2, 0.25) is 0 Å². The molecule has 1 aliphatic carbocycles. The van der Waals surface area contributed by atoms with E-state index < -0.39 is 0 Å². The maximum Gasteiger partial charge on any atom is 0.133 e. The van der Waals surface area contributed by atoms with Gasteiger partial charge in [-0.15, -0.1) is 10.2 Å². The molecule has 1 saturated carbocycles. The molecule has 4 heteroatoms. The zero-order chi connectivity index (χ0) is 11.0. The highest BCUT2D eigenvalue weighted by Gasteiger charge is 2.26. The number of hydrogen-bond acceptors (Lipinski definition) is 3. The van der Waals surface area contributed by atoms with E-state index in [1.165, 1.54) is 31.5 Å². The van der Waals surface area contributed by atoms with Gasteiger partial charge in [0.15, 0.2) is 0 Å². The highest BCUT2D eigenvalue weighted by Crippen LogP contribution is 2.28. The Labute approximate surface area is 96.4 Å². The van der Waals surface area contributed by atoms with Crippen LogP contribution < -0.4 is 5.32 Å². The van der Waals surface area contributed by atoms with Crippen molar-refractivity contribution in [1.82, 2.24) is 20.1 Å². The number of nitrogens with one attached hydrogen (secondary N) is 1. The van der Waals surface area contributed by atoms with Gasteiger partial charge < -0.3 is 9.88 Å². The highest BCUT2D eigenvalue weighted by molar-refractivity contribution is 5.02. The first-order valence-electron chi connectivity index (χ1n) is 6.45. The minimum atomic E-state index is 0.603. The van der Waals surface area contributed by atoms with Gasteiger partial charge in [0.1, 0.15) is 11.6 Å². The van der Waals surface area contributed by atoms with Gasteiger partial charge in [-0.1, -0.05) is 25.7 Å². The van der Waals surface area contributed by atoms with Crippen molar-refractivity contribution in [3.05, 3.63) is 11.6 Å². The molecule has 0 unspecified atom stereocenters. The van der Waals surface area contributed by atoms with Crippen LogP contribution >= 0.6 is 0 Å². The summed E-state index contributed by atoms with van der Waals surface area (Å²) >= 11 is 0. The van der Waals surface area contributed by atoms with E-state index in [9.17, 15) is 0 Å². The van der Waals surface area contributed by atoms with E-state index in [4.69, 9.17) is 0 Å². The molecule has 88 valence electrons. The van der Waals surface area contributed by atoms with Gasteiger partial charge in [0.05, 0.1) is 6.04 Å². The fourth-order valence-electron chi connectivity index (χ4n) is 2.96. The van der Waals surface area contributed by atoms with Crippen LogP contribution in [-0.2, 0) is 6.42 Å². The van der Waals surface area contributed by atoms with E-state index in [2.05, 4.69) is 27.0 Å². The van der Waals surface area contributed by atoms with Gasteiger partial charge in [-0.05, 0) is 12.8 Å². The van der Waals surface area contributed by atoms with Gasteiger partial charge in [0.25, 0.3) is 0 Å². The van der Waals surface area contributed by atoms with E-state index in [1.807, 2.05) is 0 Å². The van der Waals surface area contributed by atoms with E-state index in [-0.39, 0.29) is 0 Å². The maximum atomic E-state index is 4.37. The minimum absolute atomic E-state index is 0.603. The smallest absolute Gasteiger partial charge is 0.133 e. The van der Waals surface area contributed by atoms with Crippen molar-refractivity contribution in [2.45, 2.75) is 45.1 Å². The van der Waals surface area contributed by atoms with Crippen LogP contribution in [-0.4, -0.2) is 27.9 Å². The molecule has 1 aliphatic heterocycles. The number of nitrogens with zero attached hydrogens (tertiary/aromatic N) is 3. The molecular weight excluding hydrogens is 200 g/mol. The summed E-state index contributed by atoms with van der Waals surface area (Å²) in [6.07, 6.45) is 6.71. The van der Waals surface area contributed by atoms with Crippen molar-refractivity contribution in [3.63, 3.8) is 0 Å². The third-order valence-corrected chi connectivity index (χ3v) is 4.01. The van der Waals surface area contributed by atoms with Gasteiger partial charge in [-0.25, -0.2) is 0 Å². The van der Waals surface area contributed by atoms with Crippen molar-refractivity contribution in [2.24, 2.45) is 5.92 Å². The SMILES string of the molecule is Cc1nnc(CC2CCCC2)n1C1CNC1. The van der Waals surface area contributed by atoms with E-state index in [0.717, 1.165) is 31.3 Å². The second-order valence-electron chi connectivity index (χ2n) is 5.20. The van der Waals surface area contributed by atoms with Crippen LogP contribution in [0.3, 0.4) is 0 Å². The highest BCUT2D eigenvalue weighted by atomic mass is 15.3. The lowest BCUT2D eigenvalue weighted by Crippen LogP contribution is -2.44. The van der Waals surface area contributed by atoms with Crippen LogP contribution in [0.4, 0.5) is 0 Å². The zero-order valence-corrected chi connectivity index (χ0v) is 9.95. The molecule has 1 N–H and O–H groups in total. The first-order chi connectivity index (χ1) is 7.84. The van der Waals surface area contributed by atoms with Crippen LogP contribution in [0.15, 0.2) is 0 Å². The molecule has 1 aromatic heterocycles. The van der Waals surface area contributed by atoms with Crippen molar-refractivity contribution in [1.29, 1.82) is 0 Å². The standard InChI is InChI=1S/C12H20N4/c1-9-14-15-12(6-10-4-2-3-5-10)16(9)11-7-13-8-11/h10-11,13H,2-8H2,1H3.